The topological polar surface area (TPSA) is 54.0 Å². The second-order valence-electron chi connectivity index (χ2n) is 3.83. The highest BCUT2D eigenvalue weighted by atomic mass is 16.7. The minimum atomic E-state index is -0.644. The molecule has 96 valence electrons. The second-order valence-corrected chi connectivity index (χ2v) is 3.83. The van der Waals surface area contributed by atoms with E-state index in [9.17, 15) is 4.79 Å². The molecule has 5 nitrogen and oxygen atoms in total. The number of esters is 1. The lowest BCUT2D eigenvalue weighted by Gasteiger charge is -2.22. The lowest BCUT2D eigenvalue weighted by molar-refractivity contribution is -0.211. The van der Waals surface area contributed by atoms with Gasteiger partial charge in [0.05, 0.1) is 32.0 Å². The number of hydrogen-bond acceptors (Lipinski definition) is 5. The Balaban J connectivity index is 2.21. The van der Waals surface area contributed by atoms with Gasteiger partial charge < -0.3 is 18.9 Å². The fourth-order valence-electron chi connectivity index (χ4n) is 1.14. The van der Waals surface area contributed by atoms with Crippen molar-refractivity contribution in [3.8, 4) is 0 Å². The summed E-state index contributed by atoms with van der Waals surface area (Å²) in [5.74, 6) is -0.526. The summed E-state index contributed by atoms with van der Waals surface area (Å²) < 4.78 is 20.5. The van der Waals surface area contributed by atoms with E-state index in [1.807, 2.05) is 6.92 Å². The van der Waals surface area contributed by atoms with Crippen molar-refractivity contribution >= 4 is 5.97 Å². The molecule has 5 heteroatoms. The third-order valence-corrected chi connectivity index (χ3v) is 1.94. The molecule has 0 aromatic carbocycles. The summed E-state index contributed by atoms with van der Waals surface area (Å²) in [6.45, 7) is 10.8. The number of ether oxygens (including phenoxy) is 4. The van der Waals surface area contributed by atoms with E-state index in [1.165, 1.54) is 0 Å². The van der Waals surface area contributed by atoms with Crippen LogP contribution < -0.4 is 0 Å². The van der Waals surface area contributed by atoms with Crippen molar-refractivity contribution in [2.45, 2.75) is 13.2 Å². The zero-order valence-corrected chi connectivity index (χ0v) is 10.1. The first-order valence-corrected chi connectivity index (χ1v) is 5.40. The number of carbonyl (C=O) groups is 1. The summed E-state index contributed by atoms with van der Waals surface area (Å²) in [5.41, 5.74) is 1.13. The summed E-state index contributed by atoms with van der Waals surface area (Å²) in [5, 5.41) is 0. The molecule has 1 saturated heterocycles. The number of carbonyl (C=O) groups excluding carboxylic acids is 1. The average molecular weight is 242 g/mol. The van der Waals surface area contributed by atoms with Gasteiger partial charge in [-0.25, -0.2) is 4.79 Å². The lowest BCUT2D eigenvalue weighted by Crippen LogP contribution is -2.33. The molecule has 1 heterocycles. The summed E-state index contributed by atoms with van der Waals surface area (Å²) in [6, 6.07) is 0. The molecule has 0 aromatic heterocycles. The summed E-state index contributed by atoms with van der Waals surface area (Å²) in [4.78, 5) is 11.5. The zero-order chi connectivity index (χ0) is 12.7. The molecule has 0 spiro atoms. The minimum Gasteiger partial charge on any atom is -0.430 e. The number of rotatable bonds is 6. The van der Waals surface area contributed by atoms with Gasteiger partial charge in [0.2, 0.25) is 6.29 Å². The van der Waals surface area contributed by atoms with Gasteiger partial charge in [-0.05, 0) is 6.92 Å². The van der Waals surface area contributed by atoms with Gasteiger partial charge in [0.15, 0.2) is 0 Å². The highest BCUT2D eigenvalue weighted by Crippen LogP contribution is 2.06. The van der Waals surface area contributed by atoms with E-state index in [-0.39, 0.29) is 18.8 Å². The van der Waals surface area contributed by atoms with Gasteiger partial charge in [-0.15, -0.1) is 0 Å². The Kier molecular flexibility index (Phi) is 5.90. The van der Waals surface area contributed by atoms with Crippen LogP contribution in [0, 0.1) is 0 Å². The Hall–Kier alpha value is -1.17. The van der Waals surface area contributed by atoms with Crippen molar-refractivity contribution in [3.63, 3.8) is 0 Å². The van der Waals surface area contributed by atoms with E-state index in [2.05, 4.69) is 13.2 Å². The van der Waals surface area contributed by atoms with E-state index in [0.717, 1.165) is 5.57 Å². The van der Waals surface area contributed by atoms with Gasteiger partial charge in [0, 0.05) is 0 Å². The molecule has 1 unspecified atom stereocenters. The highest BCUT2D eigenvalue weighted by molar-refractivity contribution is 5.88. The SMILES string of the molecule is C=C(C)COCC(=C)C(=O)OC1COCCO1. The molecule has 1 rings (SSSR count). The Morgan fingerprint density at radius 2 is 2.12 bits per heavy atom. The Labute approximate surface area is 101 Å². The van der Waals surface area contributed by atoms with E-state index in [0.29, 0.717) is 19.8 Å². The van der Waals surface area contributed by atoms with Gasteiger partial charge in [-0.1, -0.05) is 18.7 Å². The minimum absolute atomic E-state index is 0.124. The predicted octanol–water partition coefficient (Wildman–Crippen LogP) is 1.05. The molecule has 0 bridgehead atoms. The molecule has 0 N–H and O–H groups in total. The van der Waals surface area contributed by atoms with E-state index in [1.54, 1.807) is 0 Å². The summed E-state index contributed by atoms with van der Waals surface area (Å²) >= 11 is 0. The van der Waals surface area contributed by atoms with Crippen LogP contribution in [0.5, 0.6) is 0 Å². The monoisotopic (exact) mass is 242 g/mol. The maximum absolute atomic E-state index is 11.5. The molecule has 0 aromatic rings. The second kappa shape index (κ2) is 7.21. The van der Waals surface area contributed by atoms with Crippen molar-refractivity contribution in [1.29, 1.82) is 0 Å². The maximum Gasteiger partial charge on any atom is 0.338 e. The lowest BCUT2D eigenvalue weighted by atomic mass is 10.3. The molecular weight excluding hydrogens is 224 g/mol. The van der Waals surface area contributed by atoms with Crippen LogP contribution in [0.4, 0.5) is 0 Å². The molecule has 0 aliphatic carbocycles. The molecule has 1 aliphatic rings. The van der Waals surface area contributed by atoms with Crippen LogP contribution in [0.1, 0.15) is 6.92 Å². The molecule has 0 radical (unpaired) electrons. The molecular formula is C12H18O5. The number of hydrogen-bond donors (Lipinski definition) is 0. The van der Waals surface area contributed by atoms with E-state index >= 15 is 0 Å². The third-order valence-electron chi connectivity index (χ3n) is 1.94. The smallest absolute Gasteiger partial charge is 0.338 e. The quantitative estimate of drug-likeness (QED) is 0.396. The summed E-state index contributed by atoms with van der Waals surface area (Å²) in [7, 11) is 0. The van der Waals surface area contributed by atoms with Crippen molar-refractivity contribution in [2.24, 2.45) is 0 Å². The van der Waals surface area contributed by atoms with Gasteiger partial charge >= 0.3 is 5.97 Å². The van der Waals surface area contributed by atoms with E-state index in [4.69, 9.17) is 18.9 Å². The molecule has 1 aliphatic heterocycles. The molecule has 0 saturated carbocycles. The van der Waals surface area contributed by atoms with E-state index < -0.39 is 12.3 Å². The van der Waals surface area contributed by atoms with Crippen LogP contribution in [0.25, 0.3) is 0 Å². The summed E-state index contributed by atoms with van der Waals surface area (Å²) in [6.07, 6.45) is -0.644. The molecule has 1 fully saturated rings. The van der Waals surface area contributed by atoms with Gasteiger partial charge in [-0.2, -0.15) is 0 Å². The average Bonchev–Trinajstić information content (AvgIpc) is 2.29. The standard InChI is InChI=1S/C12H18O5/c1-9(2)6-15-7-10(3)12(13)17-11-8-14-4-5-16-11/h11H,1,3-8H2,2H3. The molecule has 17 heavy (non-hydrogen) atoms. The normalized spacial score (nSPS) is 19.7. The molecule has 1 atom stereocenters. The zero-order valence-electron chi connectivity index (χ0n) is 10.1. The van der Waals surface area contributed by atoms with Crippen molar-refractivity contribution in [2.75, 3.05) is 33.0 Å². The fraction of sp³-hybridized carbons (Fsp3) is 0.583. The van der Waals surface area contributed by atoms with Gasteiger partial charge in [0.1, 0.15) is 6.61 Å². The first-order valence-electron chi connectivity index (χ1n) is 5.40. The molecule has 0 amide bonds. The largest absolute Gasteiger partial charge is 0.430 e. The van der Waals surface area contributed by atoms with Crippen LogP contribution >= 0.6 is 0 Å². The van der Waals surface area contributed by atoms with Crippen LogP contribution in [0.3, 0.4) is 0 Å². The van der Waals surface area contributed by atoms with Crippen molar-refractivity contribution in [3.05, 3.63) is 24.3 Å². The van der Waals surface area contributed by atoms with Crippen LogP contribution in [0.15, 0.2) is 24.3 Å². The maximum atomic E-state index is 11.5. The highest BCUT2D eigenvalue weighted by Gasteiger charge is 2.20. The van der Waals surface area contributed by atoms with Crippen LogP contribution in [-0.2, 0) is 23.7 Å². The van der Waals surface area contributed by atoms with Crippen LogP contribution in [0.2, 0.25) is 0 Å². The Morgan fingerprint density at radius 3 is 2.71 bits per heavy atom. The van der Waals surface area contributed by atoms with Gasteiger partial charge in [0.25, 0.3) is 0 Å². The predicted molar refractivity (Wildman–Crippen MR) is 61.4 cm³/mol. The Bertz CT molecular complexity index is 291. The van der Waals surface area contributed by atoms with Crippen LogP contribution in [-0.4, -0.2) is 45.3 Å². The fourth-order valence-corrected chi connectivity index (χ4v) is 1.14. The van der Waals surface area contributed by atoms with Crippen molar-refractivity contribution in [1.82, 2.24) is 0 Å². The van der Waals surface area contributed by atoms with Crippen molar-refractivity contribution < 1.29 is 23.7 Å². The first kappa shape index (κ1) is 13.9. The first-order chi connectivity index (χ1) is 8.09. The van der Waals surface area contributed by atoms with Gasteiger partial charge in [-0.3, -0.25) is 0 Å². The third kappa shape index (κ3) is 5.63. The Morgan fingerprint density at radius 1 is 1.35 bits per heavy atom.